The third kappa shape index (κ3) is 5.07. The van der Waals surface area contributed by atoms with Gasteiger partial charge >= 0.3 is 0 Å². The summed E-state index contributed by atoms with van der Waals surface area (Å²) in [5, 5.41) is 13.5. The van der Waals surface area contributed by atoms with Crippen molar-refractivity contribution in [1.29, 1.82) is 0 Å². The molecule has 0 bridgehead atoms. The number of amides is 2. The van der Waals surface area contributed by atoms with E-state index in [2.05, 4.69) is 39.6 Å². The number of carbonyl (C=O) groups is 2. The summed E-state index contributed by atoms with van der Waals surface area (Å²) in [6.07, 6.45) is 2.62. The molecule has 2 amide bonds. The van der Waals surface area contributed by atoms with Crippen LogP contribution in [0.15, 0.2) is 24.3 Å². The minimum atomic E-state index is -0.264. The number of aromatic amines is 1. The van der Waals surface area contributed by atoms with Crippen molar-refractivity contribution in [2.75, 3.05) is 26.2 Å². The second kappa shape index (κ2) is 8.99. The Balaban J connectivity index is 1.39. The average Bonchev–Trinajstić information content (AvgIpc) is 3.11. The van der Waals surface area contributed by atoms with Crippen molar-refractivity contribution in [1.82, 2.24) is 25.7 Å². The maximum atomic E-state index is 12.3. The number of aromatic nitrogens is 2. The second-order valence-corrected chi connectivity index (χ2v) is 7.52. The first-order valence-electron chi connectivity index (χ1n) is 9.76. The first-order chi connectivity index (χ1) is 13.0. The second-order valence-electron chi connectivity index (χ2n) is 7.52. The Labute approximate surface area is 159 Å². The van der Waals surface area contributed by atoms with E-state index in [4.69, 9.17) is 0 Å². The number of piperidine rings is 1. The monoisotopic (exact) mass is 371 g/mol. The highest BCUT2D eigenvalue weighted by Gasteiger charge is 2.22. The highest BCUT2D eigenvalue weighted by Crippen LogP contribution is 2.17. The van der Waals surface area contributed by atoms with Crippen LogP contribution < -0.4 is 10.6 Å². The molecule has 1 atom stereocenters. The summed E-state index contributed by atoms with van der Waals surface area (Å²) in [6, 6.07) is 8.04. The molecule has 0 radical (unpaired) electrons. The summed E-state index contributed by atoms with van der Waals surface area (Å²) in [4.78, 5) is 26.8. The molecule has 1 aliphatic heterocycles. The fourth-order valence-electron chi connectivity index (χ4n) is 3.59. The summed E-state index contributed by atoms with van der Waals surface area (Å²) < 4.78 is 0. The number of likely N-dealkylation sites (tertiary alicyclic amines) is 1. The Morgan fingerprint density at radius 2 is 2.11 bits per heavy atom. The van der Waals surface area contributed by atoms with Gasteiger partial charge in [-0.15, -0.1) is 0 Å². The van der Waals surface area contributed by atoms with Gasteiger partial charge in [0, 0.05) is 37.5 Å². The van der Waals surface area contributed by atoms with Gasteiger partial charge in [-0.25, -0.2) is 0 Å². The largest absolute Gasteiger partial charge is 0.356 e. The van der Waals surface area contributed by atoms with Crippen LogP contribution >= 0.6 is 0 Å². The number of rotatable bonds is 7. The maximum Gasteiger partial charge on any atom is 0.272 e. The number of carbonyl (C=O) groups excluding carboxylic acids is 2. The number of benzene rings is 1. The van der Waals surface area contributed by atoms with Crippen LogP contribution in [0.2, 0.25) is 0 Å². The Morgan fingerprint density at radius 3 is 2.93 bits per heavy atom. The topological polar surface area (TPSA) is 90.1 Å². The lowest BCUT2D eigenvalue weighted by Crippen LogP contribution is -2.44. The van der Waals surface area contributed by atoms with Crippen molar-refractivity contribution in [2.24, 2.45) is 5.92 Å². The van der Waals surface area contributed by atoms with Crippen LogP contribution in [0.3, 0.4) is 0 Å². The van der Waals surface area contributed by atoms with Crippen molar-refractivity contribution in [3.63, 3.8) is 0 Å². The van der Waals surface area contributed by atoms with E-state index in [1.54, 1.807) is 0 Å². The number of nitrogens with zero attached hydrogens (tertiary/aromatic N) is 2. The van der Waals surface area contributed by atoms with Gasteiger partial charge in [-0.05, 0) is 45.2 Å². The third-order valence-electron chi connectivity index (χ3n) is 5.19. The van der Waals surface area contributed by atoms with Crippen LogP contribution in [0.4, 0.5) is 0 Å². The predicted octanol–water partition coefficient (Wildman–Crippen LogP) is 1.92. The van der Waals surface area contributed by atoms with Crippen LogP contribution in [0.1, 0.15) is 43.6 Å². The van der Waals surface area contributed by atoms with Gasteiger partial charge in [-0.1, -0.05) is 18.2 Å². The standard InChI is InChI=1S/C20H29N5O2/c1-14(2)25-11-5-6-15(13-25)12-22-18(26)9-10-21-20(27)19-16-7-3-4-8-17(16)23-24-19/h3-4,7-8,14-15H,5-6,9-13H2,1-2H3,(H,21,27)(H,22,26)(H,23,24). The highest BCUT2D eigenvalue weighted by molar-refractivity contribution is 6.04. The van der Waals surface area contributed by atoms with Gasteiger partial charge in [0.25, 0.3) is 5.91 Å². The molecule has 7 nitrogen and oxygen atoms in total. The van der Waals surface area contributed by atoms with Crippen molar-refractivity contribution in [3.05, 3.63) is 30.0 Å². The first kappa shape index (κ1) is 19.4. The molecule has 1 fully saturated rings. The van der Waals surface area contributed by atoms with Gasteiger partial charge < -0.3 is 15.5 Å². The molecule has 0 saturated carbocycles. The fourth-order valence-corrected chi connectivity index (χ4v) is 3.59. The molecular formula is C20H29N5O2. The Bertz CT molecular complexity index is 786. The lowest BCUT2D eigenvalue weighted by atomic mass is 9.97. The molecule has 146 valence electrons. The normalized spacial score (nSPS) is 18.0. The van der Waals surface area contributed by atoms with Gasteiger partial charge in [-0.3, -0.25) is 14.7 Å². The number of fused-ring (bicyclic) bond motifs is 1. The van der Waals surface area contributed by atoms with Crippen LogP contribution in [0.25, 0.3) is 10.9 Å². The van der Waals surface area contributed by atoms with Crippen LogP contribution in [-0.2, 0) is 4.79 Å². The van der Waals surface area contributed by atoms with E-state index in [0.717, 1.165) is 30.4 Å². The summed E-state index contributed by atoms with van der Waals surface area (Å²) in [5.41, 5.74) is 1.19. The number of hydrogen-bond donors (Lipinski definition) is 3. The van der Waals surface area contributed by atoms with Gasteiger partial charge in [0.05, 0.1) is 5.52 Å². The number of H-pyrrole nitrogens is 1. The van der Waals surface area contributed by atoms with Crippen molar-refractivity contribution < 1.29 is 9.59 Å². The third-order valence-corrected chi connectivity index (χ3v) is 5.19. The molecule has 0 spiro atoms. The zero-order valence-electron chi connectivity index (χ0n) is 16.1. The molecule has 2 aromatic rings. The van der Waals surface area contributed by atoms with Crippen molar-refractivity contribution >= 4 is 22.7 Å². The molecule has 1 aliphatic rings. The molecule has 1 aromatic heterocycles. The molecule has 3 N–H and O–H groups in total. The fraction of sp³-hybridized carbons (Fsp3) is 0.550. The van der Waals surface area contributed by atoms with Crippen LogP contribution in [0, 0.1) is 5.92 Å². The average molecular weight is 371 g/mol. The maximum absolute atomic E-state index is 12.3. The summed E-state index contributed by atoms with van der Waals surface area (Å²) >= 11 is 0. The van der Waals surface area contributed by atoms with Crippen molar-refractivity contribution in [3.8, 4) is 0 Å². The van der Waals surface area contributed by atoms with Gasteiger partial charge in [0.2, 0.25) is 5.91 Å². The lowest BCUT2D eigenvalue weighted by molar-refractivity contribution is -0.121. The Hall–Kier alpha value is -2.41. The van der Waals surface area contributed by atoms with E-state index < -0.39 is 0 Å². The Kier molecular flexibility index (Phi) is 6.45. The molecule has 1 saturated heterocycles. The molecule has 27 heavy (non-hydrogen) atoms. The van der Waals surface area contributed by atoms with Gasteiger partial charge in [0.15, 0.2) is 5.69 Å². The molecular weight excluding hydrogens is 342 g/mol. The highest BCUT2D eigenvalue weighted by atomic mass is 16.2. The SMILES string of the molecule is CC(C)N1CCCC(CNC(=O)CCNC(=O)c2n[nH]c3ccccc23)C1. The minimum absolute atomic E-state index is 0.0242. The van der Waals surface area contributed by atoms with E-state index in [1.807, 2.05) is 24.3 Å². The van der Waals surface area contributed by atoms with Crippen LogP contribution in [-0.4, -0.2) is 59.1 Å². The smallest absolute Gasteiger partial charge is 0.272 e. The van der Waals surface area contributed by atoms with E-state index in [0.29, 0.717) is 30.7 Å². The Morgan fingerprint density at radius 1 is 1.30 bits per heavy atom. The summed E-state index contributed by atoms with van der Waals surface area (Å²) in [6.45, 7) is 7.63. The minimum Gasteiger partial charge on any atom is -0.356 e. The predicted molar refractivity (Wildman–Crippen MR) is 105 cm³/mol. The zero-order valence-corrected chi connectivity index (χ0v) is 16.1. The lowest BCUT2D eigenvalue weighted by Gasteiger charge is -2.35. The number of hydrogen-bond acceptors (Lipinski definition) is 4. The first-order valence-corrected chi connectivity index (χ1v) is 9.76. The van der Waals surface area contributed by atoms with E-state index in [9.17, 15) is 9.59 Å². The molecule has 2 heterocycles. The summed E-state index contributed by atoms with van der Waals surface area (Å²) in [7, 11) is 0. The number of para-hydroxylation sites is 1. The summed E-state index contributed by atoms with van der Waals surface area (Å²) in [5.74, 6) is 0.221. The number of nitrogens with one attached hydrogen (secondary N) is 3. The molecule has 1 unspecified atom stereocenters. The van der Waals surface area contributed by atoms with Gasteiger partial charge in [-0.2, -0.15) is 5.10 Å². The molecule has 1 aromatic carbocycles. The zero-order chi connectivity index (χ0) is 19.2. The molecule has 7 heteroatoms. The molecule has 3 rings (SSSR count). The van der Waals surface area contributed by atoms with Crippen LogP contribution in [0.5, 0.6) is 0 Å². The van der Waals surface area contributed by atoms with E-state index in [-0.39, 0.29) is 18.2 Å². The van der Waals surface area contributed by atoms with Gasteiger partial charge in [0.1, 0.15) is 0 Å². The molecule has 0 aliphatic carbocycles. The van der Waals surface area contributed by atoms with Crippen molar-refractivity contribution in [2.45, 2.75) is 39.2 Å². The van der Waals surface area contributed by atoms with E-state index in [1.165, 1.54) is 6.42 Å². The van der Waals surface area contributed by atoms with E-state index >= 15 is 0 Å². The quantitative estimate of drug-likeness (QED) is 0.694.